The minimum Gasteiger partial charge on any atom is -0.392 e. The van der Waals surface area contributed by atoms with Crippen LogP contribution in [0, 0.1) is 6.92 Å². The molecule has 1 rings (SSSR count). The molecule has 0 aromatic carbocycles. The average molecular weight is 301 g/mol. The first-order chi connectivity index (χ1) is 8.78. The van der Waals surface area contributed by atoms with Gasteiger partial charge in [0.15, 0.2) is 0 Å². The zero-order valence-corrected chi connectivity index (χ0v) is 13.0. The van der Waals surface area contributed by atoms with Gasteiger partial charge >= 0.3 is 0 Å². The van der Waals surface area contributed by atoms with Gasteiger partial charge in [0.2, 0.25) is 10.0 Å². The summed E-state index contributed by atoms with van der Waals surface area (Å²) in [6, 6.07) is 5.51. The van der Waals surface area contributed by atoms with Gasteiger partial charge in [0, 0.05) is 12.7 Å². The van der Waals surface area contributed by atoms with Crippen LogP contribution in [0.4, 0.5) is 0 Å². The molecule has 0 saturated heterocycles. The number of aromatic nitrogens is 1. The van der Waals surface area contributed by atoms with Crippen molar-refractivity contribution in [1.82, 2.24) is 9.29 Å². The zero-order chi connectivity index (χ0) is 14.6. The summed E-state index contributed by atoms with van der Waals surface area (Å²) in [5.41, 5.74) is 7.05. The zero-order valence-electron chi connectivity index (χ0n) is 11.3. The Hall–Kier alpha value is -1.05. The van der Waals surface area contributed by atoms with Crippen LogP contribution in [0.3, 0.4) is 0 Å². The quantitative estimate of drug-likeness (QED) is 0.799. The van der Waals surface area contributed by atoms with E-state index in [0.29, 0.717) is 12.1 Å². The fourth-order valence-electron chi connectivity index (χ4n) is 1.78. The Labute approximate surface area is 119 Å². The van der Waals surface area contributed by atoms with Gasteiger partial charge in [-0.05, 0) is 25.5 Å². The largest absolute Gasteiger partial charge is 0.392 e. The predicted molar refractivity (Wildman–Crippen MR) is 80.2 cm³/mol. The lowest BCUT2D eigenvalue weighted by Crippen LogP contribution is -2.42. The first kappa shape index (κ1) is 16.0. The molecule has 0 aliphatic heterocycles. The van der Waals surface area contributed by atoms with E-state index in [2.05, 4.69) is 4.98 Å². The SMILES string of the molecule is CCC(C(N)=S)S(=O)(=O)N(C)Cc1cccc(C)n1. The van der Waals surface area contributed by atoms with E-state index in [1.165, 1.54) is 11.4 Å². The van der Waals surface area contributed by atoms with Crippen molar-refractivity contribution in [2.24, 2.45) is 5.73 Å². The molecule has 0 spiro atoms. The Morgan fingerprint density at radius 1 is 1.53 bits per heavy atom. The van der Waals surface area contributed by atoms with Crippen LogP contribution in [0.15, 0.2) is 18.2 Å². The van der Waals surface area contributed by atoms with Crippen molar-refractivity contribution < 1.29 is 8.42 Å². The number of nitrogens with zero attached hydrogens (tertiary/aromatic N) is 2. The summed E-state index contributed by atoms with van der Waals surface area (Å²) in [6.07, 6.45) is 0.364. The molecule has 0 saturated carbocycles. The maximum Gasteiger partial charge on any atom is 0.223 e. The van der Waals surface area contributed by atoms with E-state index in [1.807, 2.05) is 19.1 Å². The van der Waals surface area contributed by atoms with Crippen LogP contribution in [0.5, 0.6) is 0 Å². The highest BCUT2D eigenvalue weighted by Crippen LogP contribution is 2.14. The maximum atomic E-state index is 12.3. The predicted octanol–water partition coefficient (Wildman–Crippen LogP) is 1.22. The second kappa shape index (κ2) is 6.40. The van der Waals surface area contributed by atoms with Gasteiger partial charge in [0.05, 0.1) is 17.2 Å². The second-order valence-electron chi connectivity index (χ2n) is 4.37. The number of aryl methyl sites for hydroxylation is 1. The van der Waals surface area contributed by atoms with Gasteiger partial charge < -0.3 is 5.73 Å². The van der Waals surface area contributed by atoms with Gasteiger partial charge in [0.25, 0.3) is 0 Å². The van der Waals surface area contributed by atoms with E-state index in [9.17, 15) is 8.42 Å². The molecule has 1 unspecified atom stereocenters. The summed E-state index contributed by atoms with van der Waals surface area (Å²) >= 11 is 4.83. The lowest BCUT2D eigenvalue weighted by Gasteiger charge is -2.22. The minimum absolute atomic E-state index is 0.00607. The molecular weight excluding hydrogens is 282 g/mol. The molecule has 19 heavy (non-hydrogen) atoms. The van der Waals surface area contributed by atoms with Crippen LogP contribution in [0.1, 0.15) is 24.7 Å². The standard InChI is InChI=1S/C12H19N3O2S2/c1-4-11(12(13)18)19(16,17)15(3)8-10-7-5-6-9(2)14-10/h5-7,11H,4,8H2,1-3H3,(H2,13,18). The number of thiocarbonyl (C=S) groups is 1. The molecule has 0 radical (unpaired) electrons. The summed E-state index contributed by atoms with van der Waals surface area (Å²) in [6.45, 7) is 3.82. The first-order valence-corrected chi connectivity index (χ1v) is 7.87. The lowest BCUT2D eigenvalue weighted by molar-refractivity contribution is 0.457. The third kappa shape index (κ3) is 3.95. The monoisotopic (exact) mass is 301 g/mol. The summed E-state index contributed by atoms with van der Waals surface area (Å²) in [7, 11) is -2.02. The normalized spacial score (nSPS) is 13.5. The van der Waals surface area contributed by atoms with E-state index < -0.39 is 15.3 Å². The number of nitrogens with two attached hydrogens (primary N) is 1. The second-order valence-corrected chi connectivity index (χ2v) is 7.06. The van der Waals surface area contributed by atoms with Gasteiger partial charge in [-0.2, -0.15) is 4.31 Å². The molecule has 0 aliphatic carbocycles. The molecule has 0 fully saturated rings. The molecule has 7 heteroatoms. The van der Waals surface area contributed by atoms with Gasteiger partial charge in [-0.15, -0.1) is 0 Å². The Balaban J connectivity index is 2.93. The van der Waals surface area contributed by atoms with E-state index >= 15 is 0 Å². The van der Waals surface area contributed by atoms with Gasteiger partial charge in [-0.25, -0.2) is 8.42 Å². The number of sulfonamides is 1. The average Bonchev–Trinajstić information content (AvgIpc) is 2.28. The summed E-state index contributed by atoms with van der Waals surface area (Å²) in [5, 5.41) is -0.822. The Kier molecular flexibility index (Phi) is 5.39. The number of hydrogen-bond donors (Lipinski definition) is 1. The summed E-state index contributed by atoms with van der Waals surface area (Å²) < 4.78 is 25.9. The third-order valence-corrected chi connectivity index (χ3v) is 5.55. The molecule has 1 aromatic heterocycles. The minimum atomic E-state index is -3.53. The highest BCUT2D eigenvalue weighted by Gasteiger charge is 2.30. The molecule has 106 valence electrons. The van der Waals surface area contributed by atoms with Crippen molar-refractivity contribution in [3.05, 3.63) is 29.6 Å². The van der Waals surface area contributed by atoms with E-state index in [4.69, 9.17) is 18.0 Å². The number of pyridine rings is 1. The van der Waals surface area contributed by atoms with Crippen molar-refractivity contribution >= 4 is 27.2 Å². The van der Waals surface area contributed by atoms with Crippen molar-refractivity contribution in [2.75, 3.05) is 7.05 Å². The van der Waals surface area contributed by atoms with Crippen LogP contribution < -0.4 is 5.73 Å². The Bertz CT molecular complexity index is 558. The number of rotatable bonds is 6. The maximum absolute atomic E-state index is 12.3. The van der Waals surface area contributed by atoms with Crippen LogP contribution in [-0.4, -0.2) is 35.0 Å². The molecule has 5 nitrogen and oxygen atoms in total. The topological polar surface area (TPSA) is 76.3 Å². The third-order valence-electron chi connectivity index (χ3n) is 2.81. The van der Waals surface area contributed by atoms with Crippen molar-refractivity contribution in [3.8, 4) is 0 Å². The first-order valence-electron chi connectivity index (χ1n) is 5.96. The van der Waals surface area contributed by atoms with E-state index in [-0.39, 0.29) is 11.5 Å². The molecule has 0 amide bonds. The number of hydrogen-bond acceptors (Lipinski definition) is 4. The lowest BCUT2D eigenvalue weighted by atomic mass is 10.3. The van der Waals surface area contributed by atoms with E-state index in [0.717, 1.165) is 5.69 Å². The molecular formula is C12H19N3O2S2. The summed E-state index contributed by atoms with van der Waals surface area (Å²) in [5.74, 6) is 0. The highest BCUT2D eigenvalue weighted by atomic mass is 32.2. The van der Waals surface area contributed by atoms with Crippen LogP contribution in [0.25, 0.3) is 0 Å². The molecule has 2 N–H and O–H groups in total. The van der Waals surface area contributed by atoms with E-state index in [1.54, 1.807) is 13.0 Å². The van der Waals surface area contributed by atoms with Crippen molar-refractivity contribution in [1.29, 1.82) is 0 Å². The highest BCUT2D eigenvalue weighted by molar-refractivity contribution is 7.92. The molecule has 1 aromatic rings. The Morgan fingerprint density at radius 3 is 2.63 bits per heavy atom. The fraction of sp³-hybridized carbons (Fsp3) is 0.500. The Morgan fingerprint density at radius 2 is 2.16 bits per heavy atom. The molecule has 0 bridgehead atoms. The molecule has 0 aliphatic rings. The van der Waals surface area contributed by atoms with Gasteiger partial charge in [-0.3, -0.25) is 4.98 Å². The summed E-state index contributed by atoms with van der Waals surface area (Å²) in [4.78, 5) is 4.29. The molecule has 1 atom stereocenters. The van der Waals surface area contributed by atoms with Crippen LogP contribution in [0.2, 0.25) is 0 Å². The van der Waals surface area contributed by atoms with Crippen LogP contribution >= 0.6 is 12.2 Å². The smallest absolute Gasteiger partial charge is 0.223 e. The van der Waals surface area contributed by atoms with Gasteiger partial charge in [0.1, 0.15) is 5.25 Å². The van der Waals surface area contributed by atoms with Crippen molar-refractivity contribution in [2.45, 2.75) is 32.1 Å². The van der Waals surface area contributed by atoms with Crippen molar-refractivity contribution in [3.63, 3.8) is 0 Å². The molecule has 1 heterocycles. The van der Waals surface area contributed by atoms with Crippen LogP contribution in [-0.2, 0) is 16.6 Å². The fourth-order valence-corrected chi connectivity index (χ4v) is 3.77. The van der Waals surface area contributed by atoms with Gasteiger partial charge in [-0.1, -0.05) is 25.2 Å².